The van der Waals surface area contributed by atoms with Gasteiger partial charge in [-0.05, 0) is 47.9 Å². The van der Waals surface area contributed by atoms with Crippen LogP contribution in [0.15, 0.2) is 30.5 Å². The Morgan fingerprint density at radius 1 is 0.846 bits per heavy atom. The summed E-state index contributed by atoms with van der Waals surface area (Å²) in [6.45, 7) is -0.246. The topological polar surface area (TPSA) is 98.8 Å². The number of hydrogen-bond donors (Lipinski definition) is 3. The van der Waals surface area contributed by atoms with Crippen molar-refractivity contribution in [2.24, 2.45) is 23.7 Å². The first-order valence-electron chi connectivity index (χ1n) is 12.2. The van der Waals surface area contributed by atoms with Crippen LogP contribution in [-0.4, -0.2) is 65.6 Å². The molecule has 15 heteroatoms. The zero-order valence-corrected chi connectivity index (χ0v) is 20.1. The van der Waals surface area contributed by atoms with Crippen LogP contribution in [0, 0.1) is 23.7 Å². The van der Waals surface area contributed by atoms with E-state index >= 15 is 0 Å². The van der Waals surface area contributed by atoms with Crippen LogP contribution in [-0.2, 0) is 6.18 Å². The highest BCUT2D eigenvalue weighted by Crippen LogP contribution is 2.54. The van der Waals surface area contributed by atoms with E-state index in [9.17, 15) is 35.9 Å². The zero-order valence-electron chi connectivity index (χ0n) is 20.1. The van der Waals surface area contributed by atoms with E-state index in [1.165, 1.54) is 4.90 Å². The van der Waals surface area contributed by atoms with E-state index in [0.29, 0.717) is 37.8 Å². The van der Waals surface area contributed by atoms with Crippen molar-refractivity contribution in [3.05, 3.63) is 47.2 Å². The Bertz CT molecular complexity index is 1310. The maximum Gasteiger partial charge on any atom is 0.422 e. The number of likely N-dealkylation sites (tertiary alicyclic amines) is 2. The maximum absolute atomic E-state index is 13.5. The smallest absolute Gasteiger partial charge is 0.422 e. The van der Waals surface area contributed by atoms with Gasteiger partial charge in [0.05, 0.1) is 16.9 Å². The third-order valence-electron chi connectivity index (χ3n) is 7.94. The number of hydrogen-bond acceptors (Lipinski definition) is 7. The summed E-state index contributed by atoms with van der Waals surface area (Å²) in [4.78, 5) is 32.8. The van der Waals surface area contributed by atoms with Gasteiger partial charge in [-0.2, -0.15) is 26.3 Å². The average molecular weight is 556 g/mol. The molecule has 208 valence electrons. The van der Waals surface area contributed by atoms with E-state index in [4.69, 9.17) is 0 Å². The number of benzene rings is 1. The lowest BCUT2D eigenvalue weighted by Gasteiger charge is -2.42. The molecule has 3 fully saturated rings. The van der Waals surface area contributed by atoms with Crippen molar-refractivity contribution in [2.45, 2.75) is 12.4 Å². The molecule has 0 radical (unpaired) electrons. The number of pyridine rings is 1. The Hall–Kier alpha value is -3.75. The van der Waals surface area contributed by atoms with Gasteiger partial charge in [0.2, 0.25) is 5.88 Å². The largest absolute Gasteiger partial charge is 0.468 e. The van der Waals surface area contributed by atoms with Gasteiger partial charge in [0.25, 0.3) is 11.8 Å². The minimum absolute atomic E-state index is 0.0921. The number of halogens is 6. The van der Waals surface area contributed by atoms with Crippen molar-refractivity contribution in [3.8, 4) is 5.88 Å². The normalized spacial score (nSPS) is 25.3. The first kappa shape index (κ1) is 25.5. The number of ether oxygens (including phenoxy) is 1. The quantitative estimate of drug-likeness (QED) is 0.497. The predicted octanol–water partition coefficient (Wildman–Crippen LogP) is 3.39. The number of nitrogens with zero attached hydrogens (tertiary/aromatic N) is 3. The van der Waals surface area contributed by atoms with E-state index < -0.39 is 36.3 Å². The zero-order chi connectivity index (χ0) is 27.7. The Labute approximate surface area is 217 Å². The van der Waals surface area contributed by atoms with Gasteiger partial charge in [0.1, 0.15) is 5.56 Å². The number of fused-ring (bicyclic) bond motifs is 5. The molecule has 3 aliphatic heterocycles. The summed E-state index contributed by atoms with van der Waals surface area (Å²) >= 11 is 0. The van der Waals surface area contributed by atoms with Gasteiger partial charge in [0.15, 0.2) is 6.61 Å². The lowest BCUT2D eigenvalue weighted by Crippen LogP contribution is -2.44. The monoisotopic (exact) mass is 556 g/mol. The molecule has 1 saturated carbocycles. The molecular weight excluding hydrogens is 534 g/mol. The lowest BCUT2D eigenvalue weighted by atomic mass is 9.60. The Morgan fingerprint density at radius 3 is 1.97 bits per heavy atom. The molecule has 6 rings (SSSR count). The van der Waals surface area contributed by atoms with Gasteiger partial charge in [0, 0.05) is 37.9 Å². The number of aromatic nitrogens is 1. The van der Waals surface area contributed by atoms with Gasteiger partial charge in [-0.1, -0.05) is 0 Å². The third kappa shape index (κ3) is 4.57. The lowest BCUT2D eigenvalue weighted by molar-refractivity contribution is -0.159. The van der Waals surface area contributed by atoms with Crippen LogP contribution in [0.4, 0.5) is 37.7 Å². The molecule has 1 aromatic heterocycles. The number of alkyl halides is 6. The summed E-state index contributed by atoms with van der Waals surface area (Å²) < 4.78 is 82.1. The molecule has 2 amide bonds. The second kappa shape index (κ2) is 8.89. The number of carbonyl (C=O) groups is 2. The maximum atomic E-state index is 13.5. The second-order valence-corrected chi connectivity index (χ2v) is 10.2. The van der Waals surface area contributed by atoms with Gasteiger partial charge in [-0.3, -0.25) is 9.59 Å². The van der Waals surface area contributed by atoms with Crippen molar-refractivity contribution in [3.63, 3.8) is 0 Å². The van der Waals surface area contributed by atoms with E-state index in [2.05, 4.69) is 26.1 Å². The number of amides is 2. The van der Waals surface area contributed by atoms with Gasteiger partial charge < -0.3 is 25.4 Å². The van der Waals surface area contributed by atoms with E-state index in [1.54, 1.807) is 23.1 Å². The fourth-order valence-electron chi connectivity index (χ4n) is 6.16. The summed E-state index contributed by atoms with van der Waals surface area (Å²) in [7, 11) is 0. The van der Waals surface area contributed by atoms with Crippen LogP contribution in [0.5, 0.6) is 5.88 Å². The van der Waals surface area contributed by atoms with Crippen LogP contribution in [0.25, 0.3) is 0 Å². The van der Waals surface area contributed by atoms with Crippen molar-refractivity contribution in [1.82, 2.24) is 20.3 Å². The molecule has 4 atom stereocenters. The minimum Gasteiger partial charge on any atom is -0.468 e. The number of nitrogens with one attached hydrogen (secondary N) is 3. The van der Waals surface area contributed by atoms with Crippen LogP contribution in [0.3, 0.4) is 0 Å². The summed E-state index contributed by atoms with van der Waals surface area (Å²) in [5, 5.41) is 0. The number of anilines is 2. The molecule has 0 bridgehead atoms. The van der Waals surface area contributed by atoms with Crippen LogP contribution < -0.4 is 21.1 Å². The molecule has 4 heterocycles. The molecule has 2 unspecified atom stereocenters. The first-order chi connectivity index (χ1) is 18.4. The molecule has 9 nitrogen and oxygen atoms in total. The molecule has 3 N–H and O–H groups in total. The highest BCUT2D eigenvalue weighted by Gasteiger charge is 2.59. The Morgan fingerprint density at radius 2 is 1.41 bits per heavy atom. The highest BCUT2D eigenvalue weighted by molar-refractivity contribution is 5.97. The number of hydrazine groups is 2. The number of carbonyl (C=O) groups excluding carboxylic acids is 2. The summed E-state index contributed by atoms with van der Waals surface area (Å²) in [5.74, 6) is -1.44. The third-order valence-corrected chi connectivity index (χ3v) is 7.94. The van der Waals surface area contributed by atoms with Crippen molar-refractivity contribution < 1.29 is 40.7 Å². The van der Waals surface area contributed by atoms with E-state index in [-0.39, 0.29) is 35.1 Å². The van der Waals surface area contributed by atoms with Crippen molar-refractivity contribution in [1.29, 1.82) is 0 Å². The number of rotatable bonds is 4. The van der Waals surface area contributed by atoms with Gasteiger partial charge in [-0.15, -0.1) is 5.53 Å². The molecule has 4 aliphatic rings. The minimum atomic E-state index is -5.07. The standard InChI is InChI=1S/C24H22F6N6O3/c25-23(26,27)10-39-20-17(24(28,29)30)3-12(5-31-20)22(38)36-8-15-13-6-35(7-14(13)16(15)9-36)21(37)11-1-2-18-19(4-11)33-34-32-18/h1-5,13-16,32-34H,6-10H2/t13-,14+,15?,16?. The highest BCUT2D eigenvalue weighted by atomic mass is 19.4. The van der Waals surface area contributed by atoms with Gasteiger partial charge in [-0.25, -0.2) is 4.98 Å². The van der Waals surface area contributed by atoms with Crippen LogP contribution in [0.2, 0.25) is 0 Å². The average Bonchev–Trinajstić information content (AvgIpc) is 3.59. The fraction of sp³-hybridized carbons (Fsp3) is 0.458. The van der Waals surface area contributed by atoms with Crippen molar-refractivity contribution >= 4 is 23.2 Å². The molecule has 39 heavy (non-hydrogen) atoms. The molecular formula is C24H22F6N6O3. The van der Waals surface area contributed by atoms with E-state index in [0.717, 1.165) is 17.6 Å². The summed E-state index contributed by atoms with van der Waals surface area (Å²) in [5.41, 5.74) is 8.80. The van der Waals surface area contributed by atoms with Crippen LogP contribution in [0.1, 0.15) is 26.3 Å². The molecule has 2 aromatic rings. The summed E-state index contributed by atoms with van der Waals surface area (Å²) in [6, 6.07) is 5.79. The van der Waals surface area contributed by atoms with E-state index in [1.807, 2.05) is 0 Å². The SMILES string of the molecule is O=C(c1cnc(OCC(F)(F)F)c(C(F)(F)F)c1)N1CC2C(C1)[C@@H]1CN(C(=O)c3ccc4c(c3)NNN4)C[C@H]21. The van der Waals surface area contributed by atoms with Crippen molar-refractivity contribution in [2.75, 3.05) is 43.6 Å². The summed E-state index contributed by atoms with van der Waals surface area (Å²) in [6.07, 6.45) is -9.11. The first-order valence-corrected chi connectivity index (χ1v) is 12.2. The second-order valence-electron chi connectivity index (χ2n) is 10.2. The molecule has 1 aliphatic carbocycles. The molecule has 2 saturated heterocycles. The Balaban J connectivity index is 1.11. The van der Waals surface area contributed by atoms with Crippen LogP contribution >= 0.6 is 0 Å². The predicted molar refractivity (Wildman–Crippen MR) is 123 cm³/mol. The molecule has 0 spiro atoms. The Kier molecular flexibility index (Phi) is 5.82. The van der Waals surface area contributed by atoms with Gasteiger partial charge >= 0.3 is 12.4 Å². The molecule has 1 aromatic carbocycles. The fourth-order valence-corrected chi connectivity index (χ4v) is 6.16.